The van der Waals surface area contributed by atoms with Gasteiger partial charge in [0.25, 0.3) is 5.91 Å². The Morgan fingerprint density at radius 1 is 1.08 bits per heavy atom. The lowest BCUT2D eigenvalue weighted by molar-refractivity contribution is -0.136. The fraction of sp³-hybridized carbons (Fsp3) is 0.235. The van der Waals surface area contributed by atoms with E-state index in [1.54, 1.807) is 0 Å². The lowest BCUT2D eigenvalue weighted by Crippen LogP contribution is -2.28. The Kier molecular flexibility index (Phi) is 5.60. The highest BCUT2D eigenvalue weighted by atomic mass is 32.2. The molecular weight excluding hydrogens is 369 g/mol. The Labute approximate surface area is 149 Å². The highest BCUT2D eigenvalue weighted by molar-refractivity contribution is 7.92. The van der Waals surface area contributed by atoms with Crippen LogP contribution in [0.2, 0.25) is 0 Å². The summed E-state index contributed by atoms with van der Waals surface area (Å²) >= 11 is 0. The van der Waals surface area contributed by atoms with E-state index < -0.39 is 27.7 Å². The molecule has 0 saturated heterocycles. The first-order chi connectivity index (χ1) is 12.1. The number of hydrogen-bond acceptors (Lipinski definition) is 3. The largest absolute Gasteiger partial charge is 0.418 e. The highest BCUT2D eigenvalue weighted by Crippen LogP contribution is 2.34. The van der Waals surface area contributed by atoms with Crippen molar-refractivity contribution in [2.24, 2.45) is 0 Å². The first kappa shape index (κ1) is 19.8. The number of hydrogen-bond donors (Lipinski definition) is 1. The Hall–Kier alpha value is -2.55. The number of carbonyl (C=O) groups is 1. The second-order valence-electron chi connectivity index (χ2n) is 5.41. The number of amides is 1. The maximum Gasteiger partial charge on any atom is 0.418 e. The summed E-state index contributed by atoms with van der Waals surface area (Å²) in [5.41, 5.74) is -0.842. The first-order valence-corrected chi connectivity index (χ1v) is 9.21. The number of carbonyl (C=O) groups excluding carboxylic acids is 1. The van der Waals surface area contributed by atoms with E-state index in [4.69, 9.17) is 0 Å². The van der Waals surface area contributed by atoms with Gasteiger partial charge in [0, 0.05) is 12.6 Å². The molecule has 0 aromatic heterocycles. The number of nitrogens with one attached hydrogen (secondary N) is 1. The van der Waals surface area contributed by atoms with Crippen LogP contribution in [0.3, 0.4) is 0 Å². The summed E-state index contributed by atoms with van der Waals surface area (Å²) in [5, 5.41) is 2.23. The molecule has 0 aliphatic rings. The van der Waals surface area contributed by atoms with Gasteiger partial charge in [-0.2, -0.15) is 13.2 Å². The van der Waals surface area contributed by atoms with Crippen LogP contribution in [0.4, 0.5) is 24.5 Å². The van der Waals surface area contributed by atoms with Gasteiger partial charge in [-0.25, -0.2) is 8.42 Å². The molecule has 1 amide bonds. The fourth-order valence-electron chi connectivity index (χ4n) is 2.21. The van der Waals surface area contributed by atoms with E-state index in [9.17, 15) is 26.4 Å². The Bertz CT molecular complexity index is 894. The molecule has 0 spiro atoms. The third-order valence-electron chi connectivity index (χ3n) is 3.76. The topological polar surface area (TPSA) is 66.5 Å². The minimum absolute atomic E-state index is 0.0834. The molecule has 0 atom stereocenters. The quantitative estimate of drug-likeness (QED) is 0.851. The van der Waals surface area contributed by atoms with Crippen molar-refractivity contribution in [2.75, 3.05) is 22.4 Å². The predicted octanol–water partition coefficient (Wildman–Crippen LogP) is 3.74. The zero-order valence-corrected chi connectivity index (χ0v) is 14.9. The molecule has 26 heavy (non-hydrogen) atoms. The number of para-hydroxylation sites is 1. The summed E-state index contributed by atoms with van der Waals surface area (Å²) < 4.78 is 63.7. The second-order valence-corrected chi connectivity index (χ2v) is 7.70. The van der Waals surface area contributed by atoms with Crippen molar-refractivity contribution in [3.8, 4) is 0 Å². The van der Waals surface area contributed by atoms with Crippen molar-refractivity contribution in [3.63, 3.8) is 0 Å². The molecule has 5 nitrogen and oxygen atoms in total. The lowest BCUT2D eigenvalue weighted by atomic mass is 10.1. The van der Waals surface area contributed by atoms with Crippen LogP contribution in [0.15, 0.2) is 48.5 Å². The molecular formula is C17H17F3N2O3S. The van der Waals surface area contributed by atoms with Crippen LogP contribution in [0.25, 0.3) is 0 Å². The summed E-state index contributed by atoms with van der Waals surface area (Å²) in [6, 6.07) is 10.2. The number of sulfonamides is 1. The third-order valence-corrected chi connectivity index (χ3v) is 5.53. The van der Waals surface area contributed by atoms with Gasteiger partial charge in [-0.1, -0.05) is 12.1 Å². The average molecular weight is 386 g/mol. The van der Waals surface area contributed by atoms with Crippen molar-refractivity contribution < 1.29 is 26.4 Å². The number of alkyl halides is 3. The maximum absolute atomic E-state index is 13.0. The van der Waals surface area contributed by atoms with Crippen LogP contribution in [0, 0.1) is 0 Å². The molecule has 0 aliphatic heterocycles. The average Bonchev–Trinajstić information content (AvgIpc) is 2.60. The minimum Gasteiger partial charge on any atom is -0.321 e. The van der Waals surface area contributed by atoms with Gasteiger partial charge in [0.15, 0.2) is 0 Å². The molecule has 0 unspecified atom stereocenters. The Morgan fingerprint density at radius 2 is 1.65 bits per heavy atom. The second kappa shape index (κ2) is 7.36. The number of benzene rings is 2. The van der Waals surface area contributed by atoms with Crippen LogP contribution >= 0.6 is 0 Å². The SMILES string of the molecule is CCS(=O)(=O)N(C)c1ccc(C(=O)Nc2ccccc2C(F)(F)F)cc1. The third kappa shape index (κ3) is 4.34. The van der Waals surface area contributed by atoms with E-state index in [1.807, 2.05) is 0 Å². The monoisotopic (exact) mass is 386 g/mol. The van der Waals surface area contributed by atoms with Gasteiger partial charge >= 0.3 is 6.18 Å². The van der Waals surface area contributed by atoms with Crippen LogP contribution < -0.4 is 9.62 Å². The van der Waals surface area contributed by atoms with Crippen molar-refractivity contribution in [1.82, 2.24) is 0 Å². The van der Waals surface area contributed by atoms with Crippen LogP contribution in [-0.4, -0.2) is 27.1 Å². The molecule has 0 radical (unpaired) electrons. The summed E-state index contributed by atoms with van der Waals surface area (Å²) in [6.45, 7) is 1.51. The van der Waals surface area contributed by atoms with E-state index in [2.05, 4.69) is 5.32 Å². The summed E-state index contributed by atoms with van der Waals surface area (Å²) in [7, 11) is -2.06. The minimum atomic E-state index is -4.59. The van der Waals surface area contributed by atoms with Crippen LogP contribution in [0.1, 0.15) is 22.8 Å². The van der Waals surface area contributed by atoms with Crippen molar-refractivity contribution in [1.29, 1.82) is 0 Å². The number of nitrogens with zero attached hydrogens (tertiary/aromatic N) is 1. The van der Waals surface area contributed by atoms with Crippen molar-refractivity contribution in [3.05, 3.63) is 59.7 Å². The maximum atomic E-state index is 13.0. The molecule has 0 heterocycles. The smallest absolute Gasteiger partial charge is 0.321 e. The Balaban J connectivity index is 2.22. The number of anilines is 2. The molecule has 2 aromatic rings. The summed E-state index contributed by atoms with van der Waals surface area (Å²) in [4.78, 5) is 12.2. The molecule has 2 aromatic carbocycles. The Morgan fingerprint density at radius 3 is 2.19 bits per heavy atom. The van der Waals surface area contributed by atoms with Crippen molar-refractivity contribution >= 4 is 27.3 Å². The van der Waals surface area contributed by atoms with E-state index in [0.717, 1.165) is 16.4 Å². The van der Waals surface area contributed by atoms with Gasteiger partial charge in [-0.15, -0.1) is 0 Å². The lowest BCUT2D eigenvalue weighted by Gasteiger charge is -2.18. The highest BCUT2D eigenvalue weighted by Gasteiger charge is 2.33. The zero-order chi connectivity index (χ0) is 19.5. The van der Waals surface area contributed by atoms with Crippen LogP contribution in [-0.2, 0) is 16.2 Å². The first-order valence-electron chi connectivity index (χ1n) is 7.60. The van der Waals surface area contributed by atoms with E-state index in [1.165, 1.54) is 50.4 Å². The number of halogens is 3. The molecule has 0 bridgehead atoms. The van der Waals surface area contributed by atoms with Crippen LogP contribution in [0.5, 0.6) is 0 Å². The van der Waals surface area contributed by atoms with Gasteiger partial charge in [0.2, 0.25) is 10.0 Å². The van der Waals surface area contributed by atoms with Gasteiger partial charge < -0.3 is 5.32 Å². The molecule has 140 valence electrons. The molecule has 0 aliphatic carbocycles. The molecule has 9 heteroatoms. The van der Waals surface area contributed by atoms with Crippen molar-refractivity contribution in [2.45, 2.75) is 13.1 Å². The number of rotatable bonds is 5. The van der Waals surface area contributed by atoms with E-state index >= 15 is 0 Å². The molecule has 0 saturated carbocycles. The predicted molar refractivity (Wildman–Crippen MR) is 93.7 cm³/mol. The van der Waals surface area contributed by atoms with Gasteiger partial charge in [-0.05, 0) is 43.3 Å². The van der Waals surface area contributed by atoms with Gasteiger partial charge in [-0.3, -0.25) is 9.10 Å². The van der Waals surface area contributed by atoms with E-state index in [-0.39, 0.29) is 17.0 Å². The van der Waals surface area contributed by atoms with Gasteiger partial charge in [0.1, 0.15) is 0 Å². The standard InChI is InChI=1S/C17H17F3N2O3S/c1-3-26(24,25)22(2)13-10-8-12(9-11-13)16(23)21-15-7-5-4-6-14(15)17(18,19)20/h4-11H,3H2,1-2H3,(H,21,23). The zero-order valence-electron chi connectivity index (χ0n) is 14.0. The van der Waals surface area contributed by atoms with E-state index in [0.29, 0.717) is 5.69 Å². The molecule has 1 N–H and O–H groups in total. The normalized spacial score (nSPS) is 11.9. The summed E-state index contributed by atoms with van der Waals surface area (Å²) in [6.07, 6.45) is -4.59. The molecule has 0 fully saturated rings. The fourth-order valence-corrected chi connectivity index (χ4v) is 3.04. The van der Waals surface area contributed by atoms with Gasteiger partial charge in [0.05, 0.1) is 22.7 Å². The molecule has 2 rings (SSSR count). The summed E-state index contributed by atoms with van der Waals surface area (Å²) in [5.74, 6) is -0.811.